The lowest BCUT2D eigenvalue weighted by Crippen LogP contribution is -2.39. The van der Waals surface area contributed by atoms with Gasteiger partial charge in [0.2, 0.25) is 0 Å². The van der Waals surface area contributed by atoms with Gasteiger partial charge in [-0.25, -0.2) is 4.39 Å². The zero-order chi connectivity index (χ0) is 22.3. The van der Waals surface area contributed by atoms with E-state index in [9.17, 15) is 9.18 Å². The van der Waals surface area contributed by atoms with Crippen LogP contribution in [0.3, 0.4) is 0 Å². The van der Waals surface area contributed by atoms with Gasteiger partial charge < -0.3 is 15.0 Å². The Bertz CT molecular complexity index is 1030. The third-order valence-electron chi connectivity index (χ3n) is 6.26. The lowest BCUT2D eigenvalue weighted by molar-refractivity contribution is 0.0924. The zero-order valence-corrected chi connectivity index (χ0v) is 19.8. The van der Waals surface area contributed by atoms with Crippen LogP contribution in [0.4, 0.5) is 4.39 Å². The SMILES string of the molecule is COCCn1nc2ccccc2c1C(=O)NCC1CCN(CCc2ccc(F)cc2)CC1.Cl. The second kappa shape index (κ2) is 12.1. The van der Waals surface area contributed by atoms with Crippen LogP contribution >= 0.6 is 12.4 Å². The number of aromatic nitrogens is 2. The van der Waals surface area contributed by atoms with E-state index in [1.54, 1.807) is 11.8 Å². The van der Waals surface area contributed by atoms with Gasteiger partial charge in [-0.3, -0.25) is 9.48 Å². The molecule has 1 aliphatic heterocycles. The minimum absolute atomic E-state index is 0. The monoisotopic (exact) mass is 474 g/mol. The largest absolute Gasteiger partial charge is 0.383 e. The van der Waals surface area contributed by atoms with Gasteiger partial charge in [0.15, 0.2) is 0 Å². The van der Waals surface area contributed by atoms with E-state index in [0.717, 1.165) is 55.4 Å². The van der Waals surface area contributed by atoms with Crippen LogP contribution in [-0.4, -0.2) is 60.5 Å². The van der Waals surface area contributed by atoms with Crippen LogP contribution in [0.1, 0.15) is 28.9 Å². The van der Waals surface area contributed by atoms with Crippen molar-refractivity contribution in [2.45, 2.75) is 25.8 Å². The fraction of sp³-hybridized carbons (Fsp3) is 0.440. The minimum atomic E-state index is -0.189. The van der Waals surface area contributed by atoms with E-state index in [1.807, 2.05) is 36.4 Å². The number of rotatable bonds is 9. The molecule has 6 nitrogen and oxygen atoms in total. The maximum Gasteiger partial charge on any atom is 0.270 e. The summed E-state index contributed by atoms with van der Waals surface area (Å²) in [5, 5.41) is 8.59. The van der Waals surface area contributed by atoms with Crippen LogP contribution in [-0.2, 0) is 17.7 Å². The number of carbonyl (C=O) groups is 1. The summed E-state index contributed by atoms with van der Waals surface area (Å²) in [5.41, 5.74) is 2.59. The number of amides is 1. The third kappa shape index (κ3) is 6.53. The van der Waals surface area contributed by atoms with Crippen molar-refractivity contribution in [3.63, 3.8) is 0 Å². The standard InChI is InChI=1S/C25H31FN4O2.ClH/c1-32-17-16-30-24(22-4-2-3-5-23(22)28-30)25(31)27-18-20-11-14-29(15-12-20)13-10-19-6-8-21(26)9-7-19;/h2-9,20H,10-18H2,1H3,(H,27,31);1H. The Kier molecular flexibility index (Phi) is 9.23. The van der Waals surface area contributed by atoms with E-state index in [-0.39, 0.29) is 24.1 Å². The van der Waals surface area contributed by atoms with Crippen molar-refractivity contribution in [2.24, 2.45) is 5.92 Å². The molecule has 1 N–H and O–H groups in total. The van der Waals surface area contributed by atoms with E-state index >= 15 is 0 Å². The summed E-state index contributed by atoms with van der Waals surface area (Å²) in [6.07, 6.45) is 3.06. The lowest BCUT2D eigenvalue weighted by Gasteiger charge is -2.32. The molecule has 3 aromatic rings. The molecule has 1 saturated heterocycles. The number of likely N-dealkylation sites (tertiary alicyclic amines) is 1. The molecule has 1 aliphatic rings. The molecule has 0 spiro atoms. The second-order valence-electron chi connectivity index (χ2n) is 8.45. The van der Waals surface area contributed by atoms with E-state index in [4.69, 9.17) is 4.74 Å². The van der Waals surface area contributed by atoms with E-state index in [0.29, 0.717) is 31.3 Å². The molecule has 1 amide bonds. The number of carbonyl (C=O) groups excluding carboxylic acids is 1. The molecule has 0 aliphatic carbocycles. The van der Waals surface area contributed by atoms with Crippen molar-refractivity contribution < 1.29 is 13.9 Å². The summed E-state index contributed by atoms with van der Waals surface area (Å²) in [4.78, 5) is 15.5. The molecule has 178 valence electrons. The fourth-order valence-corrected chi connectivity index (χ4v) is 4.33. The lowest BCUT2D eigenvalue weighted by atomic mass is 9.96. The van der Waals surface area contributed by atoms with Gasteiger partial charge in [0.1, 0.15) is 11.5 Å². The minimum Gasteiger partial charge on any atom is -0.383 e. The van der Waals surface area contributed by atoms with Gasteiger partial charge >= 0.3 is 0 Å². The molecule has 0 saturated carbocycles. The van der Waals surface area contributed by atoms with Gasteiger partial charge in [-0.15, -0.1) is 12.4 Å². The van der Waals surface area contributed by atoms with Crippen LogP contribution in [0.25, 0.3) is 10.9 Å². The molecule has 8 heteroatoms. The number of nitrogens with zero attached hydrogens (tertiary/aromatic N) is 3. The Morgan fingerprint density at radius 1 is 1.12 bits per heavy atom. The van der Waals surface area contributed by atoms with Crippen molar-refractivity contribution >= 4 is 29.2 Å². The molecule has 0 radical (unpaired) electrons. The Labute approximate surface area is 200 Å². The van der Waals surface area contributed by atoms with Crippen LogP contribution in [0, 0.1) is 11.7 Å². The number of hydrogen-bond donors (Lipinski definition) is 1. The second-order valence-corrected chi connectivity index (χ2v) is 8.45. The number of methoxy groups -OCH3 is 1. The molecule has 0 atom stereocenters. The zero-order valence-electron chi connectivity index (χ0n) is 19.0. The van der Waals surface area contributed by atoms with E-state index < -0.39 is 0 Å². The molecule has 2 aromatic carbocycles. The number of hydrogen-bond acceptors (Lipinski definition) is 4. The molecule has 33 heavy (non-hydrogen) atoms. The van der Waals surface area contributed by atoms with Crippen LogP contribution < -0.4 is 5.32 Å². The number of ether oxygens (including phenoxy) is 1. The van der Waals surface area contributed by atoms with E-state index in [1.165, 1.54) is 12.1 Å². The van der Waals surface area contributed by atoms with Crippen molar-refractivity contribution in [1.29, 1.82) is 0 Å². The van der Waals surface area contributed by atoms with Gasteiger partial charge in [-0.2, -0.15) is 5.10 Å². The number of benzene rings is 2. The van der Waals surface area contributed by atoms with Gasteiger partial charge in [-0.05, 0) is 62.0 Å². The quantitative estimate of drug-likeness (QED) is 0.510. The van der Waals surface area contributed by atoms with Gasteiger partial charge in [0, 0.05) is 25.6 Å². The summed E-state index contributed by atoms with van der Waals surface area (Å²) in [6, 6.07) is 14.5. The molecule has 1 aromatic heterocycles. The van der Waals surface area contributed by atoms with Crippen molar-refractivity contribution in [3.8, 4) is 0 Å². The van der Waals surface area contributed by atoms with Crippen molar-refractivity contribution in [2.75, 3.05) is 39.9 Å². The number of piperidine rings is 1. The molecule has 0 bridgehead atoms. The number of nitrogens with one attached hydrogen (secondary N) is 1. The molecule has 2 heterocycles. The fourth-order valence-electron chi connectivity index (χ4n) is 4.33. The predicted molar refractivity (Wildman–Crippen MR) is 130 cm³/mol. The van der Waals surface area contributed by atoms with Gasteiger partial charge in [0.25, 0.3) is 5.91 Å². The van der Waals surface area contributed by atoms with Gasteiger partial charge in [0.05, 0.1) is 18.7 Å². The average Bonchev–Trinajstić information content (AvgIpc) is 3.20. The number of fused-ring (bicyclic) bond motifs is 1. The highest BCUT2D eigenvalue weighted by molar-refractivity contribution is 6.05. The summed E-state index contributed by atoms with van der Waals surface area (Å²) < 4.78 is 20.0. The summed E-state index contributed by atoms with van der Waals surface area (Å²) in [5.74, 6) is 0.211. The summed E-state index contributed by atoms with van der Waals surface area (Å²) in [7, 11) is 1.65. The highest BCUT2D eigenvalue weighted by atomic mass is 35.5. The molecular weight excluding hydrogens is 443 g/mol. The molecule has 4 rings (SSSR count). The Hall–Kier alpha value is -2.48. The van der Waals surface area contributed by atoms with E-state index in [2.05, 4.69) is 15.3 Å². The highest BCUT2D eigenvalue weighted by Crippen LogP contribution is 2.20. The normalized spacial score (nSPS) is 14.8. The first-order valence-corrected chi connectivity index (χ1v) is 11.3. The highest BCUT2D eigenvalue weighted by Gasteiger charge is 2.22. The van der Waals surface area contributed by atoms with Crippen LogP contribution in [0.5, 0.6) is 0 Å². The van der Waals surface area contributed by atoms with Crippen LogP contribution in [0.2, 0.25) is 0 Å². The average molecular weight is 475 g/mol. The first-order valence-electron chi connectivity index (χ1n) is 11.3. The number of halogens is 2. The first kappa shape index (κ1) is 25.1. The van der Waals surface area contributed by atoms with Crippen molar-refractivity contribution in [3.05, 3.63) is 65.6 Å². The Morgan fingerprint density at radius 2 is 1.85 bits per heavy atom. The summed E-state index contributed by atoms with van der Waals surface area (Å²) >= 11 is 0. The maximum absolute atomic E-state index is 13.0. The molecule has 0 unspecified atom stereocenters. The third-order valence-corrected chi connectivity index (χ3v) is 6.26. The Morgan fingerprint density at radius 3 is 2.58 bits per heavy atom. The maximum atomic E-state index is 13.0. The molecular formula is C25H32ClFN4O2. The smallest absolute Gasteiger partial charge is 0.270 e. The summed E-state index contributed by atoms with van der Waals surface area (Å²) in [6.45, 7) is 4.75. The van der Waals surface area contributed by atoms with Gasteiger partial charge in [-0.1, -0.05) is 30.3 Å². The first-order chi connectivity index (χ1) is 15.6. The molecule has 1 fully saturated rings. The Balaban J connectivity index is 0.00000306. The predicted octanol–water partition coefficient (Wildman–Crippen LogP) is 3.93. The topological polar surface area (TPSA) is 59.4 Å². The van der Waals surface area contributed by atoms with Crippen LogP contribution in [0.15, 0.2) is 48.5 Å². The van der Waals surface area contributed by atoms with Crippen molar-refractivity contribution in [1.82, 2.24) is 20.0 Å².